The van der Waals surface area contributed by atoms with Crippen molar-refractivity contribution in [3.63, 3.8) is 0 Å². The molecule has 10 aromatic carbocycles. The van der Waals surface area contributed by atoms with Crippen molar-refractivity contribution in [2.75, 3.05) is 0 Å². The highest BCUT2D eigenvalue weighted by Gasteiger charge is 2.30. The Balaban J connectivity index is 0.896. The van der Waals surface area contributed by atoms with Gasteiger partial charge >= 0.3 is 0 Å². The molecule has 0 N–H and O–H groups in total. The summed E-state index contributed by atoms with van der Waals surface area (Å²) in [6.07, 6.45) is 9.46. The minimum absolute atomic E-state index is 0.737. The van der Waals surface area contributed by atoms with Gasteiger partial charge in [0, 0.05) is 61.1 Å². The van der Waals surface area contributed by atoms with E-state index in [1.165, 1.54) is 132 Å². The quantitative estimate of drug-likeness (QED) is 0.157. The molecule has 0 atom stereocenters. The molecule has 3 aliphatic carbocycles. The number of benzene rings is 10. The summed E-state index contributed by atoms with van der Waals surface area (Å²) in [5, 5.41) is 8.68. The molecule has 77 heavy (non-hydrogen) atoms. The van der Waals surface area contributed by atoms with Crippen LogP contribution < -0.4 is 0 Å². The van der Waals surface area contributed by atoms with Gasteiger partial charge in [-0.25, -0.2) is 0 Å². The van der Waals surface area contributed by atoms with E-state index < -0.39 is 0 Å². The lowest BCUT2D eigenvalue weighted by molar-refractivity contribution is 0.988. The zero-order valence-electron chi connectivity index (χ0n) is 42.0. The second-order valence-corrected chi connectivity index (χ2v) is 20.8. The molecule has 3 aliphatic rings. The van der Waals surface area contributed by atoms with Crippen molar-refractivity contribution in [1.29, 1.82) is 0 Å². The highest BCUT2D eigenvalue weighted by molar-refractivity contribution is 6.17. The third kappa shape index (κ3) is 5.94. The monoisotopic (exact) mass is 978 g/mol. The summed E-state index contributed by atoms with van der Waals surface area (Å²) in [4.78, 5) is 0. The smallest absolute Gasteiger partial charge is 0.105 e. The van der Waals surface area contributed by atoms with Gasteiger partial charge in [-0.1, -0.05) is 188 Å². The van der Waals surface area contributed by atoms with Crippen LogP contribution in [0.25, 0.3) is 139 Å². The van der Waals surface area contributed by atoms with E-state index in [0.29, 0.717) is 0 Å². The lowest BCUT2D eigenvalue weighted by Gasteiger charge is -2.29. The van der Waals surface area contributed by atoms with Crippen molar-refractivity contribution in [2.45, 2.75) is 19.3 Å². The zero-order valence-corrected chi connectivity index (χ0v) is 42.0. The van der Waals surface area contributed by atoms with Crippen molar-refractivity contribution in [2.24, 2.45) is 0 Å². The van der Waals surface area contributed by atoms with Gasteiger partial charge in [-0.3, -0.25) is 4.57 Å². The van der Waals surface area contributed by atoms with E-state index in [2.05, 4.69) is 273 Å². The highest BCUT2D eigenvalue weighted by Crippen LogP contribution is 2.51. The minimum atomic E-state index is 0.737. The van der Waals surface area contributed by atoms with E-state index >= 15 is 0 Å². The van der Waals surface area contributed by atoms with E-state index in [9.17, 15) is 0 Å². The Bertz CT molecular complexity index is 5030. The maximum Gasteiger partial charge on any atom is 0.105 e. The normalized spacial score (nSPS) is 13.8. The number of nitrogens with zero attached hydrogens (tertiary/aromatic N) is 4. The first-order chi connectivity index (χ1) is 38.3. The predicted octanol–water partition coefficient (Wildman–Crippen LogP) is 18.6. The zero-order chi connectivity index (χ0) is 50.3. The first-order valence-electron chi connectivity index (χ1n) is 26.9. The van der Waals surface area contributed by atoms with Crippen molar-refractivity contribution in [3.8, 4) is 51.2 Å². The maximum absolute atomic E-state index is 3.62. The molecule has 0 radical (unpaired) electrons. The summed E-state index contributed by atoms with van der Waals surface area (Å²) in [6.45, 7) is 0. The molecule has 4 heteroatoms. The molecule has 0 fully saturated rings. The molecule has 17 rings (SSSR count). The second kappa shape index (κ2) is 16.2. The van der Waals surface area contributed by atoms with Gasteiger partial charge in [-0.15, -0.1) is 0 Å². The molecule has 358 valence electrons. The summed E-state index contributed by atoms with van der Waals surface area (Å²) in [7, 11) is 0. The maximum atomic E-state index is 3.62. The number of hydrogen-bond acceptors (Lipinski definition) is 0. The predicted molar refractivity (Wildman–Crippen MR) is 323 cm³/mol. The van der Waals surface area contributed by atoms with E-state index in [-0.39, 0.29) is 0 Å². The van der Waals surface area contributed by atoms with Crippen molar-refractivity contribution >= 4 is 99.2 Å². The van der Waals surface area contributed by atoms with Crippen LogP contribution in [0, 0.1) is 11.8 Å². The molecule has 4 heterocycles. The fourth-order valence-electron chi connectivity index (χ4n) is 13.8. The SMILES string of the molecule is C1#Cc2c(c3ccccc3n2-c2cccc3c4ccccc4n(C4=CC5=C(CC4)c4ccccc4-c4cc(-n6c7ccccc7c7cccc(-n8c9ccccc9c9ccccc98)c76)ccc4-c4ccccc45)c23)C=CC1. The topological polar surface area (TPSA) is 19.7 Å². The molecular weight excluding hydrogens is 933 g/mol. The summed E-state index contributed by atoms with van der Waals surface area (Å²) >= 11 is 0. The number of rotatable bonds is 4. The van der Waals surface area contributed by atoms with Crippen LogP contribution in [0.15, 0.2) is 237 Å². The van der Waals surface area contributed by atoms with E-state index in [1.54, 1.807) is 0 Å². The van der Waals surface area contributed by atoms with E-state index in [4.69, 9.17) is 0 Å². The van der Waals surface area contributed by atoms with Gasteiger partial charge in [-0.05, 0) is 124 Å². The third-order valence-electron chi connectivity index (χ3n) is 16.9. The Labute approximate surface area is 444 Å². The van der Waals surface area contributed by atoms with Gasteiger partial charge in [0.2, 0.25) is 0 Å². The van der Waals surface area contributed by atoms with Crippen LogP contribution in [0.4, 0.5) is 0 Å². The average Bonchev–Trinajstić information content (AvgIpc) is 4.28. The first-order valence-corrected chi connectivity index (χ1v) is 26.9. The average molecular weight is 979 g/mol. The van der Waals surface area contributed by atoms with Gasteiger partial charge in [0.05, 0.1) is 50.0 Å². The Morgan fingerprint density at radius 1 is 0.351 bits per heavy atom. The number of fused-ring (bicyclic) bond motifs is 19. The molecule has 14 aromatic rings. The van der Waals surface area contributed by atoms with Crippen molar-refractivity contribution < 1.29 is 0 Å². The lowest BCUT2D eigenvalue weighted by atomic mass is 9.77. The molecule has 0 bridgehead atoms. The van der Waals surface area contributed by atoms with Crippen LogP contribution in [-0.4, -0.2) is 18.3 Å². The van der Waals surface area contributed by atoms with Gasteiger partial charge in [0.25, 0.3) is 0 Å². The van der Waals surface area contributed by atoms with Gasteiger partial charge < -0.3 is 13.7 Å². The van der Waals surface area contributed by atoms with Gasteiger partial charge in [-0.2, -0.15) is 0 Å². The molecule has 0 saturated heterocycles. The molecule has 4 nitrogen and oxygen atoms in total. The molecule has 0 aliphatic heterocycles. The van der Waals surface area contributed by atoms with Crippen LogP contribution in [0.3, 0.4) is 0 Å². The number of allylic oxidation sites excluding steroid dienone is 5. The van der Waals surface area contributed by atoms with Crippen molar-refractivity contribution in [3.05, 3.63) is 259 Å². The second-order valence-electron chi connectivity index (χ2n) is 20.8. The van der Waals surface area contributed by atoms with Crippen LogP contribution >= 0.6 is 0 Å². The van der Waals surface area contributed by atoms with Crippen LogP contribution in [0.1, 0.15) is 41.6 Å². The Kier molecular flexibility index (Phi) is 8.90. The summed E-state index contributed by atoms with van der Waals surface area (Å²) in [5.74, 6) is 7.07. The lowest BCUT2D eigenvalue weighted by Crippen LogP contribution is -2.09. The Morgan fingerprint density at radius 3 is 1.49 bits per heavy atom. The molecular formula is C73H46N4. The summed E-state index contributed by atoms with van der Waals surface area (Å²) in [6, 6.07) is 83.5. The molecule has 0 unspecified atom stereocenters. The number of hydrogen-bond donors (Lipinski definition) is 0. The summed E-state index contributed by atoms with van der Waals surface area (Å²) < 4.78 is 10.0. The van der Waals surface area contributed by atoms with Crippen LogP contribution in [0.2, 0.25) is 0 Å². The Morgan fingerprint density at radius 2 is 0.831 bits per heavy atom. The summed E-state index contributed by atoms with van der Waals surface area (Å²) in [5.41, 5.74) is 25.4. The fraction of sp³-hybridized carbons (Fsp3) is 0.0411. The highest BCUT2D eigenvalue weighted by atomic mass is 15.1. The molecule has 4 aromatic heterocycles. The molecule has 0 saturated carbocycles. The van der Waals surface area contributed by atoms with Crippen LogP contribution in [0.5, 0.6) is 0 Å². The minimum Gasteiger partial charge on any atom is -0.311 e. The van der Waals surface area contributed by atoms with Gasteiger partial charge in [0.1, 0.15) is 5.69 Å². The number of para-hydroxylation sites is 7. The molecule has 0 spiro atoms. The Hall–Kier alpha value is -10.1. The van der Waals surface area contributed by atoms with Crippen LogP contribution in [-0.2, 0) is 0 Å². The largest absolute Gasteiger partial charge is 0.311 e. The van der Waals surface area contributed by atoms with E-state index in [0.717, 1.165) is 42.0 Å². The van der Waals surface area contributed by atoms with Gasteiger partial charge in [0.15, 0.2) is 0 Å². The first kappa shape index (κ1) is 42.3. The fourth-order valence-corrected chi connectivity index (χ4v) is 13.8. The van der Waals surface area contributed by atoms with E-state index in [1.807, 2.05) is 0 Å². The molecule has 0 amide bonds. The van der Waals surface area contributed by atoms with Crippen molar-refractivity contribution in [1.82, 2.24) is 18.3 Å². The standard InChI is InChI=1S/C73H46N4/c1-2-24-54-55-25-8-15-35-67(55)76(66(54)32-3-1)70-38-18-30-60-58-28-11-13-33-64(58)74(72(60)70)46-40-42-52-49-21-5-7-23-51(49)63-45-47(41-43-53(63)48-20-4-6-22-50(48)62(52)44-46)75-65-34-14-12-29-59(65)61-31-19-39-71(73(61)75)77-68-36-16-9-26-56(68)57-27-10-17-37-69(57)77/h2,4-31,33-39,41,43-45H,1,40,42H2. The third-order valence-corrected chi connectivity index (χ3v) is 16.9. The number of aromatic nitrogens is 4.